The third-order valence-corrected chi connectivity index (χ3v) is 3.27. The Hall–Kier alpha value is -1.23. The number of Topliss-reactive ketones (excluding diaryl/α,β-unsaturated/α-hetero) is 1. The van der Waals surface area contributed by atoms with Gasteiger partial charge in [0.05, 0.1) is 10.9 Å². The van der Waals surface area contributed by atoms with Crippen molar-refractivity contribution in [3.05, 3.63) is 29.6 Å². The summed E-state index contributed by atoms with van der Waals surface area (Å²) in [5, 5.41) is 0.0892. The fourth-order valence-corrected chi connectivity index (χ4v) is 2.19. The van der Waals surface area contributed by atoms with Gasteiger partial charge in [0.25, 0.3) is 0 Å². The van der Waals surface area contributed by atoms with Crippen molar-refractivity contribution in [2.75, 3.05) is 16.8 Å². The van der Waals surface area contributed by atoms with E-state index in [0.717, 1.165) is 6.42 Å². The number of hydrogen-bond donors (Lipinski definition) is 0. The van der Waals surface area contributed by atoms with Crippen LogP contribution in [0.2, 0.25) is 0 Å². The molecule has 5 heteroatoms. The van der Waals surface area contributed by atoms with E-state index in [1.807, 2.05) is 0 Å². The molecule has 0 spiro atoms. The summed E-state index contributed by atoms with van der Waals surface area (Å²) in [6, 6.07) is 4.29. The first-order chi connectivity index (χ1) is 8.13. The molecule has 0 unspecified atom stereocenters. The van der Waals surface area contributed by atoms with Crippen LogP contribution in [0.4, 0.5) is 10.1 Å². The summed E-state index contributed by atoms with van der Waals surface area (Å²) in [5.41, 5.74) is 0.577. The highest BCUT2D eigenvalue weighted by Gasteiger charge is 2.23. The van der Waals surface area contributed by atoms with Crippen LogP contribution in [0, 0.1) is 5.82 Å². The highest BCUT2D eigenvalue weighted by atomic mass is 79.9. The first kappa shape index (κ1) is 12.2. The minimum Gasteiger partial charge on any atom is -0.312 e. The second-order valence-corrected chi connectivity index (χ2v) is 4.43. The molecule has 0 aliphatic carbocycles. The highest BCUT2D eigenvalue weighted by Crippen LogP contribution is 2.23. The van der Waals surface area contributed by atoms with Crippen LogP contribution in [-0.4, -0.2) is 23.6 Å². The lowest BCUT2D eigenvalue weighted by Crippen LogP contribution is -2.24. The van der Waals surface area contributed by atoms with Crippen molar-refractivity contribution in [3.63, 3.8) is 0 Å². The maximum absolute atomic E-state index is 13.7. The van der Waals surface area contributed by atoms with E-state index in [4.69, 9.17) is 0 Å². The first-order valence-electron chi connectivity index (χ1n) is 5.32. The monoisotopic (exact) mass is 299 g/mol. The van der Waals surface area contributed by atoms with Crippen LogP contribution >= 0.6 is 15.9 Å². The van der Waals surface area contributed by atoms with Gasteiger partial charge in [0.2, 0.25) is 5.91 Å². The molecule has 0 saturated carbocycles. The standard InChI is InChI=1S/C12H11BrFNO2/c13-7-11(16)9-4-3-8(6-10(9)14)15-5-1-2-12(15)17/h3-4,6H,1-2,5,7H2. The van der Waals surface area contributed by atoms with Crippen LogP contribution in [-0.2, 0) is 4.79 Å². The third-order valence-electron chi connectivity index (χ3n) is 2.76. The average Bonchev–Trinajstić information content (AvgIpc) is 2.74. The molecule has 90 valence electrons. The van der Waals surface area contributed by atoms with Gasteiger partial charge < -0.3 is 4.90 Å². The molecule has 0 aromatic heterocycles. The quantitative estimate of drug-likeness (QED) is 0.635. The van der Waals surface area contributed by atoms with E-state index in [9.17, 15) is 14.0 Å². The zero-order valence-electron chi connectivity index (χ0n) is 9.08. The number of halogens is 2. The number of anilines is 1. The first-order valence-corrected chi connectivity index (χ1v) is 6.44. The SMILES string of the molecule is O=C(CBr)c1ccc(N2CCCC2=O)cc1F. The number of ketones is 1. The second kappa shape index (κ2) is 4.96. The summed E-state index contributed by atoms with van der Waals surface area (Å²) in [5.74, 6) is -0.877. The third kappa shape index (κ3) is 2.39. The van der Waals surface area contributed by atoms with Gasteiger partial charge in [0.15, 0.2) is 5.78 Å². The zero-order valence-corrected chi connectivity index (χ0v) is 10.7. The molecule has 1 amide bonds. The van der Waals surface area contributed by atoms with Crippen LogP contribution in [0.15, 0.2) is 18.2 Å². The molecule has 1 aromatic carbocycles. The predicted molar refractivity (Wildman–Crippen MR) is 66.1 cm³/mol. The van der Waals surface area contributed by atoms with Crippen LogP contribution in [0.5, 0.6) is 0 Å². The summed E-state index contributed by atoms with van der Waals surface area (Å²) in [4.78, 5) is 24.4. The van der Waals surface area contributed by atoms with E-state index in [1.54, 1.807) is 11.0 Å². The van der Waals surface area contributed by atoms with E-state index < -0.39 is 5.82 Å². The Morgan fingerprint density at radius 1 is 1.47 bits per heavy atom. The van der Waals surface area contributed by atoms with Gasteiger partial charge in [-0.2, -0.15) is 0 Å². The molecular weight excluding hydrogens is 289 g/mol. The molecule has 17 heavy (non-hydrogen) atoms. The van der Waals surface area contributed by atoms with Gasteiger partial charge >= 0.3 is 0 Å². The number of carbonyl (C=O) groups excluding carboxylic acids is 2. The smallest absolute Gasteiger partial charge is 0.227 e. The van der Waals surface area contributed by atoms with Crippen LogP contribution in [0.25, 0.3) is 0 Å². The molecule has 3 nitrogen and oxygen atoms in total. The summed E-state index contributed by atoms with van der Waals surface area (Å²) < 4.78 is 13.7. The summed E-state index contributed by atoms with van der Waals surface area (Å²) >= 11 is 3.00. The molecule has 1 heterocycles. The van der Waals surface area contributed by atoms with Gasteiger partial charge in [-0.15, -0.1) is 0 Å². The molecule has 0 atom stereocenters. The predicted octanol–water partition coefficient (Wildman–Crippen LogP) is 2.53. The minimum absolute atomic E-state index is 0.00367. The van der Waals surface area contributed by atoms with Gasteiger partial charge in [0, 0.05) is 18.7 Å². The fourth-order valence-electron chi connectivity index (χ4n) is 1.89. The van der Waals surface area contributed by atoms with E-state index in [2.05, 4.69) is 15.9 Å². The van der Waals surface area contributed by atoms with Gasteiger partial charge in [-0.1, -0.05) is 15.9 Å². The van der Waals surface area contributed by atoms with Crippen molar-refractivity contribution in [2.24, 2.45) is 0 Å². The fraction of sp³-hybridized carbons (Fsp3) is 0.333. The van der Waals surface area contributed by atoms with Crippen molar-refractivity contribution >= 4 is 33.3 Å². The molecule has 0 bridgehead atoms. The Bertz CT molecular complexity index is 476. The summed E-state index contributed by atoms with van der Waals surface area (Å²) in [7, 11) is 0. The topological polar surface area (TPSA) is 37.4 Å². The van der Waals surface area contributed by atoms with E-state index in [0.29, 0.717) is 18.7 Å². The Kier molecular flexibility index (Phi) is 3.57. The van der Waals surface area contributed by atoms with Gasteiger partial charge in [0.1, 0.15) is 5.82 Å². The maximum Gasteiger partial charge on any atom is 0.227 e. The number of rotatable bonds is 3. The van der Waals surface area contributed by atoms with Crippen LogP contribution < -0.4 is 4.90 Å². The average molecular weight is 300 g/mol. The lowest BCUT2D eigenvalue weighted by atomic mass is 10.1. The number of alkyl halides is 1. The minimum atomic E-state index is -0.577. The number of benzene rings is 1. The lowest BCUT2D eigenvalue weighted by molar-refractivity contribution is -0.117. The molecule has 1 aromatic rings. The Labute approximate surface area is 107 Å². The van der Waals surface area contributed by atoms with Crippen LogP contribution in [0.3, 0.4) is 0 Å². The van der Waals surface area contributed by atoms with Crippen molar-refractivity contribution < 1.29 is 14.0 Å². The number of amides is 1. The normalized spacial score (nSPS) is 15.4. The molecule has 1 aliphatic rings. The summed E-state index contributed by atoms with van der Waals surface area (Å²) in [6.45, 7) is 0.615. The second-order valence-electron chi connectivity index (χ2n) is 3.87. The highest BCUT2D eigenvalue weighted by molar-refractivity contribution is 9.09. The van der Waals surface area contributed by atoms with E-state index >= 15 is 0 Å². The Morgan fingerprint density at radius 2 is 2.24 bits per heavy atom. The van der Waals surface area contributed by atoms with E-state index in [1.165, 1.54) is 12.1 Å². The van der Waals surface area contributed by atoms with Crippen molar-refractivity contribution in [1.82, 2.24) is 0 Å². The largest absolute Gasteiger partial charge is 0.312 e. The number of carbonyl (C=O) groups is 2. The molecule has 1 aliphatic heterocycles. The lowest BCUT2D eigenvalue weighted by Gasteiger charge is -2.16. The zero-order chi connectivity index (χ0) is 12.4. The van der Waals surface area contributed by atoms with E-state index in [-0.39, 0.29) is 22.6 Å². The van der Waals surface area contributed by atoms with Crippen molar-refractivity contribution in [2.45, 2.75) is 12.8 Å². The molecule has 0 N–H and O–H groups in total. The van der Waals surface area contributed by atoms with Crippen LogP contribution in [0.1, 0.15) is 23.2 Å². The molecule has 0 radical (unpaired) electrons. The van der Waals surface area contributed by atoms with Gasteiger partial charge in [-0.3, -0.25) is 9.59 Å². The van der Waals surface area contributed by atoms with Gasteiger partial charge in [-0.05, 0) is 24.6 Å². The van der Waals surface area contributed by atoms with Crippen molar-refractivity contribution in [3.8, 4) is 0 Å². The Balaban J connectivity index is 2.30. The maximum atomic E-state index is 13.7. The van der Waals surface area contributed by atoms with Gasteiger partial charge in [-0.25, -0.2) is 4.39 Å². The molecule has 1 saturated heterocycles. The molecule has 2 rings (SSSR count). The summed E-state index contributed by atoms with van der Waals surface area (Å²) in [6.07, 6.45) is 1.30. The number of hydrogen-bond acceptors (Lipinski definition) is 2. The molecular formula is C12H11BrFNO2. The number of nitrogens with zero attached hydrogens (tertiary/aromatic N) is 1. The van der Waals surface area contributed by atoms with Crippen molar-refractivity contribution in [1.29, 1.82) is 0 Å². The Morgan fingerprint density at radius 3 is 2.76 bits per heavy atom. The molecule has 1 fully saturated rings.